The molecule has 0 spiro atoms. The van der Waals surface area contributed by atoms with Crippen molar-refractivity contribution in [2.24, 2.45) is 0 Å². The van der Waals surface area contributed by atoms with Gasteiger partial charge in [-0.3, -0.25) is 9.36 Å². The van der Waals surface area contributed by atoms with Gasteiger partial charge in [0.05, 0.1) is 11.4 Å². The minimum Gasteiger partial charge on any atom is -0.481 e. The lowest BCUT2D eigenvalue weighted by Crippen LogP contribution is -2.02. The van der Waals surface area contributed by atoms with Crippen molar-refractivity contribution >= 4 is 29.5 Å². The van der Waals surface area contributed by atoms with Crippen LogP contribution in [0.1, 0.15) is 0 Å². The number of aliphatic carboxylic acids is 1. The maximum absolute atomic E-state index is 12.5. The van der Waals surface area contributed by atoms with Gasteiger partial charge in [-0.25, -0.2) is 0 Å². The number of nitrogens with zero attached hydrogens (tertiary/aromatic N) is 3. The highest BCUT2D eigenvalue weighted by molar-refractivity contribution is 8.00. The first kappa shape index (κ1) is 14.8. The summed E-state index contributed by atoms with van der Waals surface area (Å²) in [6.45, 7) is 0. The molecular weight excluding hydrogens is 308 g/mol. The smallest absolute Gasteiger partial charge is 0.313 e. The molecule has 9 heteroatoms. The average Bonchev–Trinajstić information content (AvgIpc) is 2.84. The monoisotopic (exact) mass is 317 g/mol. The van der Waals surface area contributed by atoms with E-state index in [-0.39, 0.29) is 5.75 Å². The number of aromatic nitrogens is 3. The average molecular weight is 317 g/mol. The molecule has 0 fully saturated rings. The highest BCUT2D eigenvalue weighted by Gasteiger charge is 2.15. The van der Waals surface area contributed by atoms with Gasteiger partial charge < -0.3 is 5.11 Å². The molecule has 5 nitrogen and oxygen atoms in total. The summed E-state index contributed by atoms with van der Waals surface area (Å²) >= 11 is 1.40. The maximum Gasteiger partial charge on any atom is 0.313 e. The van der Waals surface area contributed by atoms with Crippen LogP contribution in [-0.4, -0.2) is 37.4 Å². The fourth-order valence-corrected chi connectivity index (χ4v) is 2.74. The van der Waals surface area contributed by atoms with Crippen LogP contribution in [0.3, 0.4) is 0 Å². The zero-order valence-corrected chi connectivity index (χ0v) is 11.6. The SMILES string of the molecule is O=C(O)CSc1nncn1-c1ccccc1SC(F)F. The zero-order valence-electron chi connectivity index (χ0n) is 9.94. The van der Waals surface area contributed by atoms with Gasteiger partial charge in [-0.2, -0.15) is 8.78 Å². The van der Waals surface area contributed by atoms with E-state index in [2.05, 4.69) is 10.2 Å². The second-order valence-electron chi connectivity index (χ2n) is 3.51. The number of hydrogen-bond acceptors (Lipinski definition) is 5. The van der Waals surface area contributed by atoms with Crippen molar-refractivity contribution in [3.8, 4) is 5.69 Å². The van der Waals surface area contributed by atoms with Crippen molar-refractivity contribution in [1.82, 2.24) is 14.8 Å². The molecular formula is C11H9F2N3O2S2. The molecule has 0 radical (unpaired) electrons. The number of carboxylic acids is 1. The third-order valence-electron chi connectivity index (χ3n) is 2.18. The standard InChI is InChI=1S/C11H9F2N3O2S2/c12-10(13)20-8-4-2-1-3-7(8)16-6-14-15-11(16)19-5-9(17)18/h1-4,6,10H,5H2,(H,17,18). The Balaban J connectivity index is 2.32. The summed E-state index contributed by atoms with van der Waals surface area (Å²) in [4.78, 5) is 10.9. The van der Waals surface area contributed by atoms with Crippen molar-refractivity contribution in [3.63, 3.8) is 0 Å². The largest absolute Gasteiger partial charge is 0.481 e. The molecule has 0 bridgehead atoms. The predicted octanol–water partition coefficient (Wildman–Crippen LogP) is 2.76. The van der Waals surface area contributed by atoms with E-state index in [0.29, 0.717) is 27.5 Å². The summed E-state index contributed by atoms with van der Waals surface area (Å²) in [7, 11) is 0. The van der Waals surface area contributed by atoms with Crippen LogP contribution in [0.25, 0.3) is 5.69 Å². The van der Waals surface area contributed by atoms with Crippen LogP contribution in [0.5, 0.6) is 0 Å². The number of benzene rings is 1. The predicted molar refractivity (Wildman–Crippen MR) is 71.6 cm³/mol. The lowest BCUT2D eigenvalue weighted by molar-refractivity contribution is -0.133. The molecule has 0 unspecified atom stereocenters. The molecule has 0 saturated carbocycles. The lowest BCUT2D eigenvalue weighted by Gasteiger charge is -2.10. The first-order valence-electron chi connectivity index (χ1n) is 5.36. The van der Waals surface area contributed by atoms with Crippen LogP contribution in [0.2, 0.25) is 0 Å². The molecule has 1 heterocycles. The fourth-order valence-electron chi connectivity index (χ4n) is 1.47. The molecule has 0 atom stereocenters. The maximum atomic E-state index is 12.5. The van der Waals surface area contributed by atoms with Gasteiger partial charge in [-0.15, -0.1) is 10.2 Å². The lowest BCUT2D eigenvalue weighted by atomic mass is 10.3. The third kappa shape index (κ3) is 3.70. The van der Waals surface area contributed by atoms with Crippen LogP contribution in [0, 0.1) is 0 Å². The Bertz CT molecular complexity index is 607. The summed E-state index contributed by atoms with van der Waals surface area (Å²) in [5, 5.41) is 16.5. The van der Waals surface area contributed by atoms with Gasteiger partial charge in [0.2, 0.25) is 0 Å². The van der Waals surface area contributed by atoms with Crippen LogP contribution in [0.15, 0.2) is 40.6 Å². The van der Waals surface area contributed by atoms with Crippen LogP contribution >= 0.6 is 23.5 Å². The molecule has 0 aliphatic carbocycles. The summed E-state index contributed by atoms with van der Waals surface area (Å²) in [6, 6.07) is 6.58. The topological polar surface area (TPSA) is 68.0 Å². The first-order chi connectivity index (χ1) is 9.58. The molecule has 1 aromatic heterocycles. The van der Waals surface area contributed by atoms with Crippen LogP contribution in [-0.2, 0) is 4.79 Å². The van der Waals surface area contributed by atoms with E-state index >= 15 is 0 Å². The molecule has 1 aromatic carbocycles. The Hall–Kier alpha value is -1.61. The number of alkyl halides is 2. The summed E-state index contributed by atoms with van der Waals surface area (Å²) in [5.74, 6) is -3.70. The molecule has 20 heavy (non-hydrogen) atoms. The normalized spacial score (nSPS) is 10.9. The quantitative estimate of drug-likeness (QED) is 0.826. The molecule has 1 N–H and O–H groups in total. The van der Waals surface area contributed by atoms with Gasteiger partial charge in [-0.1, -0.05) is 35.7 Å². The van der Waals surface area contributed by atoms with Gasteiger partial charge >= 0.3 is 5.97 Å². The Labute approximate surface area is 121 Å². The Kier molecular flexibility index (Phi) is 4.96. The van der Waals surface area contributed by atoms with Crippen molar-refractivity contribution < 1.29 is 18.7 Å². The van der Waals surface area contributed by atoms with E-state index in [1.165, 1.54) is 10.9 Å². The number of rotatable bonds is 6. The molecule has 2 aromatic rings. The molecule has 0 aliphatic heterocycles. The van der Waals surface area contributed by atoms with E-state index in [0.717, 1.165) is 11.8 Å². The summed E-state index contributed by atoms with van der Waals surface area (Å²) in [5.41, 5.74) is 0.496. The number of thioether (sulfide) groups is 2. The molecule has 106 valence electrons. The highest BCUT2D eigenvalue weighted by atomic mass is 32.2. The minimum absolute atomic E-state index is 0.178. The Morgan fingerprint density at radius 2 is 2.15 bits per heavy atom. The van der Waals surface area contributed by atoms with E-state index in [4.69, 9.17) is 5.11 Å². The number of hydrogen-bond donors (Lipinski definition) is 1. The van der Waals surface area contributed by atoms with Crippen LogP contribution in [0.4, 0.5) is 8.78 Å². The molecule has 2 rings (SSSR count). The number of halogens is 2. The van der Waals surface area contributed by atoms with Gasteiger partial charge in [0.25, 0.3) is 5.76 Å². The van der Waals surface area contributed by atoms with Crippen molar-refractivity contribution in [1.29, 1.82) is 0 Å². The van der Waals surface area contributed by atoms with E-state index in [1.807, 2.05) is 0 Å². The van der Waals surface area contributed by atoms with Crippen LogP contribution < -0.4 is 0 Å². The number of carboxylic acid groups (broad SMARTS) is 1. The third-order valence-corrected chi connectivity index (χ3v) is 3.89. The van der Waals surface area contributed by atoms with Crippen molar-refractivity contribution in [3.05, 3.63) is 30.6 Å². The molecule has 0 aliphatic rings. The first-order valence-corrected chi connectivity index (χ1v) is 7.23. The summed E-state index contributed by atoms with van der Waals surface area (Å²) in [6.07, 6.45) is 1.37. The van der Waals surface area contributed by atoms with Gasteiger partial charge in [0, 0.05) is 4.90 Å². The fraction of sp³-hybridized carbons (Fsp3) is 0.182. The van der Waals surface area contributed by atoms with E-state index in [1.54, 1.807) is 24.3 Å². The Morgan fingerprint density at radius 3 is 2.85 bits per heavy atom. The Morgan fingerprint density at radius 1 is 1.40 bits per heavy atom. The minimum atomic E-state index is -2.54. The number of carbonyl (C=O) groups is 1. The number of para-hydroxylation sites is 1. The highest BCUT2D eigenvalue weighted by Crippen LogP contribution is 2.32. The van der Waals surface area contributed by atoms with Gasteiger partial charge in [-0.05, 0) is 12.1 Å². The molecule has 0 amide bonds. The van der Waals surface area contributed by atoms with Gasteiger partial charge in [0.15, 0.2) is 5.16 Å². The zero-order chi connectivity index (χ0) is 14.5. The van der Waals surface area contributed by atoms with E-state index in [9.17, 15) is 13.6 Å². The van der Waals surface area contributed by atoms with Crippen molar-refractivity contribution in [2.45, 2.75) is 15.8 Å². The molecule has 0 saturated heterocycles. The second-order valence-corrected chi connectivity index (χ2v) is 5.49. The van der Waals surface area contributed by atoms with Gasteiger partial charge in [0.1, 0.15) is 6.33 Å². The van der Waals surface area contributed by atoms with Crippen molar-refractivity contribution in [2.75, 3.05) is 5.75 Å². The summed E-state index contributed by atoms with van der Waals surface area (Å²) < 4.78 is 26.6. The van der Waals surface area contributed by atoms with E-state index < -0.39 is 11.7 Å². The second kappa shape index (κ2) is 6.71.